The van der Waals surface area contributed by atoms with Crippen molar-refractivity contribution in [2.45, 2.75) is 75.7 Å². The number of carbonyl (C=O) groups excluding carboxylic acids is 1. The summed E-state index contributed by atoms with van der Waals surface area (Å²) in [6.45, 7) is 6.18. The first-order valence-corrected chi connectivity index (χ1v) is 17.5. The molecule has 2 heterocycles. The van der Waals surface area contributed by atoms with Gasteiger partial charge in [0, 0.05) is 49.5 Å². The minimum atomic E-state index is -0.128. The Labute approximate surface area is 264 Å². The molecule has 2 saturated heterocycles. The summed E-state index contributed by atoms with van der Waals surface area (Å²) in [5, 5.41) is 18.1. The van der Waals surface area contributed by atoms with E-state index in [9.17, 15) is 9.90 Å². The normalized spacial score (nSPS) is 32.9. The number of hydrogen-bond acceptors (Lipinski definition) is 5. The van der Waals surface area contributed by atoms with Crippen LogP contribution in [-0.4, -0.2) is 61.6 Å². The van der Waals surface area contributed by atoms with Crippen LogP contribution in [0.1, 0.15) is 79.9 Å². The fourth-order valence-electron chi connectivity index (χ4n) is 10.7. The van der Waals surface area contributed by atoms with Crippen molar-refractivity contribution in [3.63, 3.8) is 0 Å². The summed E-state index contributed by atoms with van der Waals surface area (Å²) < 4.78 is 0. The molecule has 5 aliphatic rings. The largest absolute Gasteiger partial charge is 0.508 e. The number of nitrogens with zero attached hydrogens (tertiary/aromatic N) is 1. The van der Waals surface area contributed by atoms with Crippen LogP contribution in [0.25, 0.3) is 0 Å². The third-order valence-electron chi connectivity index (χ3n) is 12.5. The maximum Gasteiger partial charge on any atom is 0.123 e. The fraction of sp³-hybridized carbons (Fsp3) is 0.564. The molecule has 3 fully saturated rings. The first-order chi connectivity index (χ1) is 21.7. The summed E-state index contributed by atoms with van der Waals surface area (Å²) in [7, 11) is 0. The number of phenolic OH excluding ortho intramolecular Hbond substituents is 1. The van der Waals surface area contributed by atoms with Crippen molar-refractivity contribution < 1.29 is 9.90 Å². The molecule has 234 valence electrons. The summed E-state index contributed by atoms with van der Waals surface area (Å²) in [4.78, 5) is 15.7. The van der Waals surface area contributed by atoms with E-state index in [1.807, 2.05) is 12.1 Å². The van der Waals surface area contributed by atoms with Crippen LogP contribution in [0.15, 0.2) is 72.8 Å². The van der Waals surface area contributed by atoms with Gasteiger partial charge in [0.05, 0.1) is 0 Å². The van der Waals surface area contributed by atoms with Gasteiger partial charge < -0.3 is 20.5 Å². The third kappa shape index (κ3) is 5.19. The number of hydrogen-bond donors (Lipinski definition) is 3. The highest BCUT2D eigenvalue weighted by molar-refractivity contribution is 5.55. The van der Waals surface area contributed by atoms with Crippen LogP contribution >= 0.6 is 0 Å². The van der Waals surface area contributed by atoms with Crippen molar-refractivity contribution >= 4 is 6.29 Å². The highest BCUT2D eigenvalue weighted by Gasteiger charge is 2.62. The van der Waals surface area contributed by atoms with E-state index < -0.39 is 0 Å². The molecule has 6 atom stereocenters. The third-order valence-corrected chi connectivity index (χ3v) is 12.5. The molecule has 0 radical (unpaired) electrons. The topological polar surface area (TPSA) is 64.6 Å². The number of aromatic hydroxyl groups is 1. The second kappa shape index (κ2) is 12.9. The Morgan fingerprint density at radius 3 is 2.43 bits per heavy atom. The summed E-state index contributed by atoms with van der Waals surface area (Å²) in [6, 6.07) is 17.9. The molecular weight excluding hydrogens is 542 g/mol. The van der Waals surface area contributed by atoms with Crippen LogP contribution in [0.2, 0.25) is 0 Å². The first-order valence-electron chi connectivity index (χ1n) is 17.5. The van der Waals surface area contributed by atoms with Crippen molar-refractivity contribution in [1.82, 2.24) is 15.5 Å². The van der Waals surface area contributed by atoms with Crippen molar-refractivity contribution in [2.24, 2.45) is 22.7 Å². The first kappa shape index (κ1) is 30.0. The van der Waals surface area contributed by atoms with Crippen LogP contribution in [0, 0.1) is 22.7 Å². The molecule has 0 aromatic heterocycles. The molecule has 0 amide bonds. The van der Waals surface area contributed by atoms with Gasteiger partial charge in [0.15, 0.2) is 0 Å². The average Bonchev–Trinajstić information content (AvgIpc) is 3.09. The molecular formula is C39H51N3O2. The van der Waals surface area contributed by atoms with E-state index in [0.717, 1.165) is 84.2 Å². The van der Waals surface area contributed by atoms with Crippen LogP contribution in [0.3, 0.4) is 0 Å². The molecule has 0 bridgehead atoms. The number of fused-ring (bicyclic) bond motifs is 1. The molecule has 7 rings (SSSR count). The lowest BCUT2D eigenvalue weighted by Crippen LogP contribution is -2.67. The highest BCUT2D eigenvalue weighted by Crippen LogP contribution is 2.67. The van der Waals surface area contributed by atoms with Gasteiger partial charge in [-0.15, -0.1) is 0 Å². The predicted molar refractivity (Wildman–Crippen MR) is 178 cm³/mol. The van der Waals surface area contributed by atoms with Gasteiger partial charge in [-0.1, -0.05) is 73.5 Å². The second-order valence-corrected chi connectivity index (χ2v) is 14.3. The molecule has 3 aliphatic carbocycles. The Morgan fingerprint density at radius 1 is 0.909 bits per heavy atom. The highest BCUT2D eigenvalue weighted by atomic mass is 16.3. The van der Waals surface area contributed by atoms with Crippen LogP contribution in [0.4, 0.5) is 0 Å². The predicted octanol–water partition coefficient (Wildman–Crippen LogP) is 6.36. The number of allylic oxidation sites excluding steroid dienone is 4. The summed E-state index contributed by atoms with van der Waals surface area (Å²) in [5.41, 5.74) is 4.04. The Kier molecular flexibility index (Phi) is 8.81. The van der Waals surface area contributed by atoms with Gasteiger partial charge in [-0.2, -0.15) is 0 Å². The van der Waals surface area contributed by atoms with Gasteiger partial charge in [0.25, 0.3) is 0 Å². The lowest BCUT2D eigenvalue weighted by molar-refractivity contribution is -0.126. The maximum atomic E-state index is 12.8. The monoisotopic (exact) mass is 593 g/mol. The van der Waals surface area contributed by atoms with E-state index >= 15 is 0 Å². The van der Waals surface area contributed by atoms with Crippen molar-refractivity contribution in [1.29, 1.82) is 0 Å². The van der Waals surface area contributed by atoms with Crippen molar-refractivity contribution in [3.05, 3.63) is 89.5 Å². The van der Waals surface area contributed by atoms with Gasteiger partial charge in [0.2, 0.25) is 0 Å². The minimum absolute atomic E-state index is 0.00961. The Morgan fingerprint density at radius 2 is 1.68 bits per heavy atom. The fourth-order valence-corrected chi connectivity index (χ4v) is 10.7. The van der Waals surface area contributed by atoms with E-state index in [0.29, 0.717) is 23.6 Å². The van der Waals surface area contributed by atoms with E-state index in [1.165, 1.54) is 35.8 Å². The Balaban J connectivity index is 1.47. The van der Waals surface area contributed by atoms with Crippen LogP contribution in [-0.2, 0) is 11.2 Å². The zero-order valence-electron chi connectivity index (χ0n) is 26.3. The molecule has 2 aliphatic heterocycles. The maximum absolute atomic E-state index is 12.8. The Bertz CT molecular complexity index is 1340. The Hall–Kier alpha value is -2.73. The number of rotatable bonds is 7. The van der Waals surface area contributed by atoms with Crippen molar-refractivity contribution in [3.8, 4) is 5.75 Å². The van der Waals surface area contributed by atoms with Crippen LogP contribution in [0.5, 0.6) is 5.75 Å². The minimum Gasteiger partial charge on any atom is -0.508 e. The van der Waals surface area contributed by atoms with Gasteiger partial charge in [0.1, 0.15) is 12.0 Å². The molecule has 44 heavy (non-hydrogen) atoms. The zero-order chi connectivity index (χ0) is 30.0. The van der Waals surface area contributed by atoms with Crippen molar-refractivity contribution in [2.75, 3.05) is 39.3 Å². The second-order valence-electron chi connectivity index (χ2n) is 14.3. The van der Waals surface area contributed by atoms with Gasteiger partial charge >= 0.3 is 0 Å². The van der Waals surface area contributed by atoms with Crippen LogP contribution < -0.4 is 10.6 Å². The van der Waals surface area contributed by atoms with Gasteiger partial charge in [-0.3, -0.25) is 4.90 Å². The van der Waals surface area contributed by atoms with Gasteiger partial charge in [-0.05, 0) is 104 Å². The van der Waals surface area contributed by atoms with E-state index in [2.05, 4.69) is 76.2 Å². The lowest BCUT2D eigenvalue weighted by Gasteiger charge is -2.65. The zero-order valence-corrected chi connectivity index (χ0v) is 26.3. The number of carbonyl (C=O) groups is 1. The number of piperidine rings is 1. The van der Waals surface area contributed by atoms with E-state index in [4.69, 9.17) is 0 Å². The summed E-state index contributed by atoms with van der Waals surface area (Å²) in [5.74, 6) is 1.55. The molecule has 0 spiro atoms. The number of phenols is 1. The molecule has 2 aromatic rings. The molecule has 5 nitrogen and oxygen atoms in total. The molecule has 3 N–H and O–H groups in total. The quantitative estimate of drug-likeness (QED) is 0.326. The summed E-state index contributed by atoms with van der Waals surface area (Å²) in [6.07, 6.45) is 21.0. The van der Waals surface area contributed by atoms with E-state index in [1.54, 1.807) is 0 Å². The number of piperazine rings is 1. The SMILES string of the molecule is O=C[C@H]1CCCC[C@@H]1C(N1CCNCC1)C1(C2([C@H]3c4ccc(O)cc4CC[C@@H]3c3ccccc3)C=CC=CC2)CCNCC1. The smallest absolute Gasteiger partial charge is 0.123 e. The standard InChI is InChI=1S/C39H51N3O2/c43-28-31-11-5-6-12-35(31)37(42-25-23-41-24-26-42)39(19-21-40-22-20-39)38(17-7-2-8-18-38)36-33(29-9-3-1-4-10-29)15-13-30-27-32(44)14-16-34(30)36/h1-4,7-10,14,16-17,27-28,31,33,35-37,40-41,44H,5-6,11-13,15,18-26H2/t31-,33-,35+,36-,37?,38?/m1/s1. The number of aryl methyl sites for hydroxylation is 1. The van der Waals surface area contributed by atoms with E-state index in [-0.39, 0.29) is 22.7 Å². The molecule has 2 unspecified atom stereocenters. The molecule has 5 heteroatoms. The number of benzene rings is 2. The molecule has 1 saturated carbocycles. The number of nitrogens with one attached hydrogen (secondary N) is 2. The summed E-state index contributed by atoms with van der Waals surface area (Å²) >= 11 is 0. The number of aldehydes is 1. The average molecular weight is 594 g/mol. The van der Waals surface area contributed by atoms with Gasteiger partial charge in [-0.25, -0.2) is 0 Å². The molecule has 2 aromatic carbocycles. The lowest BCUT2D eigenvalue weighted by atomic mass is 9.43.